The average Bonchev–Trinajstić information content (AvgIpc) is 3.44. The number of rotatable bonds is 6. The summed E-state index contributed by atoms with van der Waals surface area (Å²) >= 11 is 1.37. The molecule has 2 aromatic carbocycles. The van der Waals surface area contributed by atoms with E-state index in [1.807, 2.05) is 54.6 Å². The Labute approximate surface area is 176 Å². The Hall–Kier alpha value is -3.84. The first-order valence-electron chi connectivity index (χ1n) is 9.11. The summed E-state index contributed by atoms with van der Waals surface area (Å²) in [5.74, 6) is -0.211. The van der Waals surface area contributed by atoms with Crippen LogP contribution in [0, 0.1) is 0 Å². The first kappa shape index (κ1) is 19.5. The van der Waals surface area contributed by atoms with Crippen molar-refractivity contribution >= 4 is 29.6 Å². The third kappa shape index (κ3) is 4.26. The summed E-state index contributed by atoms with van der Waals surface area (Å²) in [6.07, 6.45) is 2.87. The molecule has 0 atom stereocenters. The van der Waals surface area contributed by atoms with E-state index in [-0.39, 0.29) is 5.57 Å². The van der Waals surface area contributed by atoms with Gasteiger partial charge in [0.15, 0.2) is 0 Å². The summed E-state index contributed by atoms with van der Waals surface area (Å²) in [7, 11) is 1.53. The van der Waals surface area contributed by atoms with E-state index in [4.69, 9.17) is 4.42 Å². The number of carbonyl (C=O) groups is 1. The lowest BCUT2D eigenvalue weighted by molar-refractivity contribution is -0.131. The van der Waals surface area contributed by atoms with Crippen molar-refractivity contribution in [2.45, 2.75) is 0 Å². The second-order valence-electron chi connectivity index (χ2n) is 6.35. The van der Waals surface area contributed by atoms with Crippen molar-refractivity contribution < 1.29 is 14.3 Å². The molecule has 0 saturated heterocycles. The summed E-state index contributed by atoms with van der Waals surface area (Å²) in [4.78, 5) is 16.5. The normalized spacial score (nSPS) is 11.8. The van der Waals surface area contributed by atoms with Crippen molar-refractivity contribution in [1.82, 2.24) is 10.2 Å². The summed E-state index contributed by atoms with van der Waals surface area (Å²) in [6.45, 7) is 0. The van der Waals surface area contributed by atoms with Gasteiger partial charge in [0, 0.05) is 23.7 Å². The van der Waals surface area contributed by atoms with E-state index in [1.165, 1.54) is 24.6 Å². The van der Waals surface area contributed by atoms with Crippen LogP contribution in [0.3, 0.4) is 0 Å². The van der Waals surface area contributed by atoms with Crippen LogP contribution in [-0.4, -0.2) is 34.5 Å². The topological polar surface area (TPSA) is 88.6 Å². The Morgan fingerprint density at radius 2 is 1.60 bits per heavy atom. The first-order chi connectivity index (χ1) is 14.6. The number of nitrogens with zero attached hydrogens (tertiary/aromatic N) is 3. The molecule has 0 bridgehead atoms. The Bertz CT molecular complexity index is 1220. The van der Waals surface area contributed by atoms with Crippen LogP contribution in [0.25, 0.3) is 39.4 Å². The third-order valence-corrected chi connectivity index (χ3v) is 5.33. The Balaban J connectivity index is 1.56. The molecular weight excluding hydrogens is 398 g/mol. The minimum absolute atomic E-state index is 0.107. The van der Waals surface area contributed by atoms with E-state index in [0.717, 1.165) is 26.4 Å². The molecule has 0 radical (unpaired) electrons. The maximum absolute atomic E-state index is 11.2. The molecular formula is C23H17N3O3S. The fourth-order valence-electron chi connectivity index (χ4n) is 2.87. The quantitative estimate of drug-likeness (QED) is 0.341. The van der Waals surface area contributed by atoms with Crippen molar-refractivity contribution in [3.05, 3.63) is 77.2 Å². The SMILES string of the molecule is C/N=C/C(=C/c1ccc(-c2nnc(-c3ccc(-c4ccccc4)cc3)o2)s1)C(=O)O. The fraction of sp³-hybridized carbons (Fsp3) is 0.0435. The van der Waals surface area contributed by atoms with Gasteiger partial charge in [0.25, 0.3) is 5.89 Å². The highest BCUT2D eigenvalue weighted by atomic mass is 32.1. The largest absolute Gasteiger partial charge is 0.478 e. The van der Waals surface area contributed by atoms with Gasteiger partial charge in [-0.25, -0.2) is 4.79 Å². The number of aliphatic imine (C=N–C) groups is 1. The van der Waals surface area contributed by atoms with Crippen LogP contribution in [0.5, 0.6) is 0 Å². The molecule has 148 valence electrons. The van der Waals surface area contributed by atoms with E-state index < -0.39 is 5.97 Å². The van der Waals surface area contributed by atoms with E-state index in [1.54, 1.807) is 6.08 Å². The van der Waals surface area contributed by atoms with Gasteiger partial charge in [-0.1, -0.05) is 42.5 Å². The average molecular weight is 415 g/mol. The van der Waals surface area contributed by atoms with Crippen LogP contribution in [-0.2, 0) is 4.79 Å². The predicted octanol–water partition coefficient (Wildman–Crippen LogP) is 5.30. The number of hydrogen-bond donors (Lipinski definition) is 1. The highest BCUT2D eigenvalue weighted by Crippen LogP contribution is 2.31. The molecule has 0 saturated carbocycles. The lowest BCUT2D eigenvalue weighted by Gasteiger charge is -2.01. The second-order valence-corrected chi connectivity index (χ2v) is 7.47. The number of aromatic nitrogens is 2. The fourth-order valence-corrected chi connectivity index (χ4v) is 3.75. The standard InChI is InChI=1S/C23H17N3O3S/c1-24-14-18(23(27)28)13-19-11-12-20(30-19)22-26-25-21(29-22)17-9-7-16(8-10-17)15-5-3-2-4-6-15/h2-14H,1H3,(H,27,28)/b18-13-,24-14+. The lowest BCUT2D eigenvalue weighted by atomic mass is 10.0. The summed E-state index contributed by atoms with van der Waals surface area (Å²) in [5, 5.41) is 17.5. The van der Waals surface area contributed by atoms with E-state index in [9.17, 15) is 9.90 Å². The monoisotopic (exact) mass is 415 g/mol. The van der Waals surface area contributed by atoms with E-state index in [0.29, 0.717) is 11.8 Å². The molecule has 0 amide bonds. The summed E-state index contributed by atoms with van der Waals surface area (Å²) in [6, 6.07) is 21.7. The summed E-state index contributed by atoms with van der Waals surface area (Å²) in [5.41, 5.74) is 3.19. The van der Waals surface area contributed by atoms with Crippen LogP contribution in [0.4, 0.5) is 0 Å². The Morgan fingerprint density at radius 1 is 0.933 bits per heavy atom. The van der Waals surface area contributed by atoms with E-state index in [2.05, 4.69) is 27.3 Å². The Morgan fingerprint density at radius 3 is 2.30 bits per heavy atom. The van der Waals surface area contributed by atoms with Crippen LogP contribution >= 0.6 is 11.3 Å². The molecule has 7 heteroatoms. The van der Waals surface area contributed by atoms with Gasteiger partial charge in [-0.05, 0) is 41.5 Å². The van der Waals surface area contributed by atoms with E-state index >= 15 is 0 Å². The molecule has 2 heterocycles. The molecule has 4 aromatic rings. The van der Waals surface area contributed by atoms with Crippen molar-refractivity contribution in [2.24, 2.45) is 4.99 Å². The van der Waals surface area contributed by atoms with Crippen molar-refractivity contribution in [3.63, 3.8) is 0 Å². The smallest absolute Gasteiger partial charge is 0.337 e. The molecule has 1 N–H and O–H groups in total. The maximum atomic E-state index is 11.2. The van der Waals surface area contributed by atoms with Crippen molar-refractivity contribution in [2.75, 3.05) is 7.05 Å². The number of thiophene rings is 1. The number of hydrogen-bond acceptors (Lipinski definition) is 6. The van der Waals surface area contributed by atoms with Gasteiger partial charge in [0.2, 0.25) is 5.89 Å². The van der Waals surface area contributed by atoms with Gasteiger partial charge in [-0.15, -0.1) is 21.5 Å². The number of carboxylic acids is 1. The first-order valence-corrected chi connectivity index (χ1v) is 9.92. The molecule has 30 heavy (non-hydrogen) atoms. The number of benzene rings is 2. The zero-order chi connectivity index (χ0) is 20.9. The zero-order valence-corrected chi connectivity index (χ0v) is 16.8. The highest BCUT2D eigenvalue weighted by molar-refractivity contribution is 7.16. The van der Waals surface area contributed by atoms with Gasteiger partial charge in [0.05, 0.1) is 10.5 Å². The summed E-state index contributed by atoms with van der Waals surface area (Å²) < 4.78 is 5.84. The highest BCUT2D eigenvalue weighted by Gasteiger charge is 2.13. The molecule has 0 fully saturated rings. The second kappa shape index (κ2) is 8.67. The van der Waals surface area contributed by atoms with Crippen LogP contribution in [0.2, 0.25) is 0 Å². The third-order valence-electron chi connectivity index (χ3n) is 4.31. The predicted molar refractivity (Wildman–Crippen MR) is 119 cm³/mol. The zero-order valence-electron chi connectivity index (χ0n) is 16.0. The van der Waals surface area contributed by atoms with Gasteiger partial charge in [-0.2, -0.15) is 0 Å². The molecule has 0 aliphatic carbocycles. The van der Waals surface area contributed by atoms with Crippen molar-refractivity contribution in [3.8, 4) is 33.3 Å². The molecule has 0 spiro atoms. The molecule has 0 aliphatic rings. The minimum atomic E-state index is -1.03. The molecule has 6 nitrogen and oxygen atoms in total. The van der Waals surface area contributed by atoms with Crippen molar-refractivity contribution in [1.29, 1.82) is 0 Å². The molecule has 2 aromatic heterocycles. The maximum Gasteiger partial charge on any atom is 0.337 e. The van der Waals surface area contributed by atoms with Crippen LogP contribution in [0.15, 0.2) is 81.7 Å². The van der Waals surface area contributed by atoms with Gasteiger partial charge >= 0.3 is 5.97 Å². The Kier molecular flexibility index (Phi) is 5.63. The molecule has 4 rings (SSSR count). The van der Waals surface area contributed by atoms with Gasteiger partial charge in [-0.3, -0.25) is 4.99 Å². The molecule has 0 aliphatic heterocycles. The van der Waals surface area contributed by atoms with Gasteiger partial charge in [0.1, 0.15) is 0 Å². The van der Waals surface area contributed by atoms with Gasteiger partial charge < -0.3 is 9.52 Å². The number of carboxylic acid groups (broad SMARTS) is 1. The van der Waals surface area contributed by atoms with Crippen LogP contribution in [0.1, 0.15) is 4.88 Å². The van der Waals surface area contributed by atoms with Crippen LogP contribution < -0.4 is 0 Å². The number of aliphatic carboxylic acids is 1. The minimum Gasteiger partial charge on any atom is -0.478 e. The lowest BCUT2D eigenvalue weighted by Crippen LogP contribution is -2.00. The molecule has 0 unspecified atom stereocenters.